The molecule has 17 heavy (non-hydrogen) atoms. The van der Waals surface area contributed by atoms with Gasteiger partial charge in [-0.05, 0) is 34.0 Å². The quantitative estimate of drug-likeness (QED) is 0.901. The lowest BCUT2D eigenvalue weighted by Gasteiger charge is -2.05. The molecule has 0 unspecified atom stereocenters. The van der Waals surface area contributed by atoms with Crippen LogP contribution in [0.4, 0.5) is 0 Å². The van der Waals surface area contributed by atoms with Crippen molar-refractivity contribution in [2.75, 3.05) is 0 Å². The van der Waals surface area contributed by atoms with Crippen molar-refractivity contribution in [3.05, 3.63) is 49.8 Å². The monoisotopic (exact) mass is 314 g/mol. The molecule has 2 rings (SSSR count). The summed E-state index contributed by atoms with van der Waals surface area (Å²) < 4.78 is 2.02. The molecule has 1 aromatic heterocycles. The van der Waals surface area contributed by atoms with Crippen molar-refractivity contribution in [3.63, 3.8) is 0 Å². The number of H-pyrrole nitrogens is 1. The third-order valence-corrected chi connectivity index (χ3v) is 3.62. The van der Waals surface area contributed by atoms with E-state index < -0.39 is 0 Å². The molecule has 1 N–H and O–H groups in total. The molecule has 0 atom stereocenters. The van der Waals surface area contributed by atoms with Crippen molar-refractivity contribution in [2.45, 2.75) is 19.8 Å². The number of aromatic nitrogens is 2. The summed E-state index contributed by atoms with van der Waals surface area (Å²) in [5.41, 5.74) is 1.41. The molecule has 0 aliphatic heterocycles. The number of para-hydroxylation sites is 1. The van der Waals surface area contributed by atoms with Crippen LogP contribution in [0.1, 0.15) is 25.5 Å². The van der Waals surface area contributed by atoms with Crippen LogP contribution in [0.3, 0.4) is 0 Å². The molecule has 2 aromatic rings. The van der Waals surface area contributed by atoms with E-state index >= 15 is 0 Å². The molecule has 90 valence electrons. The number of rotatable bonds is 2. The molecule has 5 heteroatoms. The number of halogens is 2. The molecule has 0 aliphatic carbocycles. The van der Waals surface area contributed by atoms with Crippen molar-refractivity contribution in [3.8, 4) is 5.69 Å². The maximum absolute atomic E-state index is 12.1. The molecule has 3 nitrogen and oxygen atoms in total. The molecule has 0 saturated carbocycles. The molecule has 0 amide bonds. The van der Waals surface area contributed by atoms with Crippen LogP contribution in [0.5, 0.6) is 0 Å². The predicted octanol–water partition coefficient (Wildman–Crippen LogP) is 3.70. The topological polar surface area (TPSA) is 37.8 Å². The van der Waals surface area contributed by atoms with Gasteiger partial charge in [0, 0.05) is 0 Å². The minimum Gasteiger partial charge on any atom is -0.294 e. The van der Waals surface area contributed by atoms with E-state index in [4.69, 9.17) is 11.6 Å². The molecule has 0 bridgehead atoms. The van der Waals surface area contributed by atoms with Crippen LogP contribution < -0.4 is 5.56 Å². The van der Waals surface area contributed by atoms with Gasteiger partial charge in [0.2, 0.25) is 0 Å². The van der Waals surface area contributed by atoms with Crippen LogP contribution in [0.2, 0.25) is 5.02 Å². The first-order valence-electron chi connectivity index (χ1n) is 5.27. The van der Waals surface area contributed by atoms with E-state index in [-0.39, 0.29) is 11.5 Å². The van der Waals surface area contributed by atoms with Gasteiger partial charge >= 0.3 is 0 Å². The number of hydrogen-bond donors (Lipinski definition) is 1. The van der Waals surface area contributed by atoms with Crippen LogP contribution in [0, 0.1) is 0 Å². The minimum atomic E-state index is -0.123. The van der Waals surface area contributed by atoms with Gasteiger partial charge in [0.05, 0.1) is 16.4 Å². The molecular formula is C12H12BrClN2O. The highest BCUT2D eigenvalue weighted by Gasteiger charge is 2.16. The average molecular weight is 316 g/mol. The fourth-order valence-electron chi connectivity index (χ4n) is 1.62. The Bertz CT molecular complexity index is 601. The lowest BCUT2D eigenvalue weighted by atomic mass is 10.1. The second-order valence-electron chi connectivity index (χ2n) is 4.09. The van der Waals surface area contributed by atoms with Crippen LogP contribution in [-0.2, 0) is 0 Å². The molecule has 0 saturated heterocycles. The van der Waals surface area contributed by atoms with Crippen LogP contribution in [-0.4, -0.2) is 9.78 Å². The highest BCUT2D eigenvalue weighted by molar-refractivity contribution is 9.10. The van der Waals surface area contributed by atoms with Crippen molar-refractivity contribution in [2.24, 2.45) is 0 Å². The van der Waals surface area contributed by atoms with E-state index in [2.05, 4.69) is 21.0 Å². The zero-order chi connectivity index (χ0) is 12.6. The Kier molecular flexibility index (Phi) is 3.45. The third kappa shape index (κ3) is 2.19. The van der Waals surface area contributed by atoms with Gasteiger partial charge < -0.3 is 0 Å². The zero-order valence-corrected chi connectivity index (χ0v) is 11.8. The van der Waals surface area contributed by atoms with E-state index in [1.165, 1.54) is 4.68 Å². The van der Waals surface area contributed by atoms with Crippen molar-refractivity contribution >= 4 is 27.5 Å². The Morgan fingerprint density at radius 3 is 2.53 bits per heavy atom. The van der Waals surface area contributed by atoms with Gasteiger partial charge in [0.25, 0.3) is 5.56 Å². The number of benzene rings is 1. The summed E-state index contributed by atoms with van der Waals surface area (Å²) in [6.45, 7) is 4.04. The number of nitrogens with one attached hydrogen (secondary N) is 1. The van der Waals surface area contributed by atoms with Gasteiger partial charge in [0.15, 0.2) is 0 Å². The average Bonchev–Trinajstić information content (AvgIpc) is 2.57. The Morgan fingerprint density at radius 1 is 1.35 bits per heavy atom. The van der Waals surface area contributed by atoms with E-state index in [1.54, 1.807) is 12.1 Å². The van der Waals surface area contributed by atoms with Gasteiger partial charge in [-0.25, -0.2) is 4.68 Å². The van der Waals surface area contributed by atoms with Gasteiger partial charge in [-0.1, -0.05) is 37.6 Å². The van der Waals surface area contributed by atoms with Crippen molar-refractivity contribution in [1.29, 1.82) is 0 Å². The molecule has 1 heterocycles. The van der Waals surface area contributed by atoms with E-state index in [1.807, 2.05) is 26.0 Å². The van der Waals surface area contributed by atoms with Gasteiger partial charge in [0.1, 0.15) is 4.47 Å². The summed E-state index contributed by atoms with van der Waals surface area (Å²) >= 11 is 9.39. The first kappa shape index (κ1) is 12.5. The SMILES string of the molecule is CC(C)c1[nH]n(-c2ccccc2Cl)c(=O)c1Br. The maximum Gasteiger partial charge on any atom is 0.285 e. The largest absolute Gasteiger partial charge is 0.294 e. The fourth-order valence-corrected chi connectivity index (χ4v) is 2.56. The Labute approximate surface area is 113 Å². The highest BCUT2D eigenvalue weighted by Crippen LogP contribution is 2.23. The van der Waals surface area contributed by atoms with E-state index in [0.717, 1.165) is 5.69 Å². The molecule has 0 fully saturated rings. The normalized spacial score (nSPS) is 11.1. The first-order chi connectivity index (χ1) is 8.02. The summed E-state index contributed by atoms with van der Waals surface area (Å²) in [5, 5.41) is 3.62. The third-order valence-electron chi connectivity index (χ3n) is 2.53. The summed E-state index contributed by atoms with van der Waals surface area (Å²) in [6, 6.07) is 7.24. The molecular weight excluding hydrogens is 304 g/mol. The van der Waals surface area contributed by atoms with Crippen molar-refractivity contribution < 1.29 is 0 Å². The standard InChI is InChI=1S/C12H12BrClN2O/c1-7(2)11-10(13)12(17)16(15-11)9-6-4-3-5-8(9)14/h3-7,15H,1-2H3. The maximum atomic E-state index is 12.1. The van der Waals surface area contributed by atoms with Gasteiger partial charge in [-0.15, -0.1) is 0 Å². The summed E-state index contributed by atoms with van der Waals surface area (Å²) in [4.78, 5) is 12.1. The predicted molar refractivity (Wildman–Crippen MR) is 73.2 cm³/mol. The van der Waals surface area contributed by atoms with E-state index in [0.29, 0.717) is 15.2 Å². The summed E-state index contributed by atoms with van der Waals surface area (Å²) in [6.07, 6.45) is 0. The number of aromatic amines is 1. The lowest BCUT2D eigenvalue weighted by Crippen LogP contribution is -2.14. The van der Waals surface area contributed by atoms with Gasteiger partial charge in [-0.3, -0.25) is 9.89 Å². The molecule has 0 spiro atoms. The molecule has 0 aliphatic rings. The number of hydrogen-bond acceptors (Lipinski definition) is 1. The fraction of sp³-hybridized carbons (Fsp3) is 0.250. The molecule has 1 aromatic carbocycles. The molecule has 0 radical (unpaired) electrons. The van der Waals surface area contributed by atoms with Crippen molar-refractivity contribution in [1.82, 2.24) is 9.78 Å². The summed E-state index contributed by atoms with van der Waals surface area (Å²) in [5.74, 6) is 0.237. The Balaban J connectivity index is 2.66. The zero-order valence-electron chi connectivity index (χ0n) is 9.50. The van der Waals surface area contributed by atoms with Crippen LogP contribution in [0.25, 0.3) is 5.69 Å². The lowest BCUT2D eigenvalue weighted by molar-refractivity contribution is 0.759. The van der Waals surface area contributed by atoms with Gasteiger partial charge in [-0.2, -0.15) is 0 Å². The Hall–Kier alpha value is -1.00. The van der Waals surface area contributed by atoms with Crippen LogP contribution in [0.15, 0.2) is 33.5 Å². The summed E-state index contributed by atoms with van der Waals surface area (Å²) in [7, 11) is 0. The Morgan fingerprint density at radius 2 is 2.00 bits per heavy atom. The second-order valence-corrected chi connectivity index (χ2v) is 5.29. The first-order valence-corrected chi connectivity index (χ1v) is 6.44. The van der Waals surface area contributed by atoms with Crippen LogP contribution >= 0.6 is 27.5 Å². The number of nitrogens with zero attached hydrogens (tertiary/aromatic N) is 1. The highest BCUT2D eigenvalue weighted by atomic mass is 79.9. The minimum absolute atomic E-state index is 0.123. The smallest absolute Gasteiger partial charge is 0.285 e. The van der Waals surface area contributed by atoms with E-state index in [9.17, 15) is 4.79 Å². The second kappa shape index (κ2) is 4.70.